The number of rotatable bonds is 4. The molecule has 0 bridgehead atoms. The van der Waals surface area contributed by atoms with Gasteiger partial charge in [0.05, 0.1) is 0 Å². The summed E-state index contributed by atoms with van der Waals surface area (Å²) in [5.74, 6) is 0.886. The van der Waals surface area contributed by atoms with Crippen molar-refractivity contribution >= 4 is 0 Å². The zero-order valence-corrected chi connectivity index (χ0v) is 10.4. The van der Waals surface area contributed by atoms with Crippen LogP contribution >= 0.6 is 0 Å². The molecular weight excluding hydrogens is 172 g/mol. The molecule has 0 saturated carbocycles. The summed E-state index contributed by atoms with van der Waals surface area (Å²) in [5.41, 5.74) is 0. The van der Waals surface area contributed by atoms with E-state index in [1.54, 1.807) is 0 Å². The second-order valence-corrected chi connectivity index (χ2v) is 5.16. The van der Waals surface area contributed by atoms with Crippen LogP contribution in [0.5, 0.6) is 0 Å². The second kappa shape index (κ2) is 5.13. The number of nitrogens with zero attached hydrogens (tertiary/aromatic N) is 1. The van der Waals surface area contributed by atoms with E-state index in [9.17, 15) is 0 Å². The predicted octanol–water partition coefficient (Wildman–Crippen LogP) is 2.10. The fourth-order valence-electron chi connectivity index (χ4n) is 2.71. The van der Waals surface area contributed by atoms with E-state index in [0.29, 0.717) is 6.04 Å². The first-order chi connectivity index (χ1) is 6.54. The van der Waals surface area contributed by atoms with Gasteiger partial charge in [0, 0.05) is 24.7 Å². The van der Waals surface area contributed by atoms with Gasteiger partial charge in [-0.25, -0.2) is 0 Å². The molecule has 0 aromatic rings. The largest absolute Gasteiger partial charge is 0.317 e. The van der Waals surface area contributed by atoms with Crippen LogP contribution in [0.2, 0.25) is 0 Å². The Morgan fingerprint density at radius 3 is 2.43 bits per heavy atom. The van der Waals surface area contributed by atoms with Crippen molar-refractivity contribution in [3.63, 3.8) is 0 Å². The highest BCUT2D eigenvalue weighted by atomic mass is 15.2. The highest BCUT2D eigenvalue weighted by Gasteiger charge is 2.29. The van der Waals surface area contributed by atoms with Crippen LogP contribution in [-0.4, -0.2) is 36.6 Å². The standard InChI is InChI=1S/C12H26N2/c1-9-6-11(3)14(8-9)12(4)7-10(2)13-5/h9-13H,6-8H2,1-5H3. The minimum Gasteiger partial charge on any atom is -0.317 e. The molecule has 4 unspecified atom stereocenters. The molecule has 1 aliphatic rings. The molecule has 0 spiro atoms. The molecule has 1 N–H and O–H groups in total. The fraction of sp³-hybridized carbons (Fsp3) is 1.00. The van der Waals surface area contributed by atoms with Crippen molar-refractivity contribution in [1.29, 1.82) is 0 Å². The Balaban J connectivity index is 2.40. The Hall–Kier alpha value is -0.0800. The third-order valence-corrected chi connectivity index (χ3v) is 3.59. The van der Waals surface area contributed by atoms with Crippen molar-refractivity contribution in [2.24, 2.45) is 5.92 Å². The predicted molar refractivity (Wildman–Crippen MR) is 62.5 cm³/mol. The molecule has 84 valence electrons. The maximum atomic E-state index is 3.32. The molecule has 4 atom stereocenters. The van der Waals surface area contributed by atoms with Crippen LogP contribution in [0.4, 0.5) is 0 Å². The normalized spacial score (nSPS) is 33.2. The van der Waals surface area contributed by atoms with Gasteiger partial charge in [-0.1, -0.05) is 6.92 Å². The summed E-state index contributed by atoms with van der Waals surface area (Å²) in [5, 5.41) is 3.32. The van der Waals surface area contributed by atoms with E-state index in [0.717, 1.165) is 18.0 Å². The van der Waals surface area contributed by atoms with Crippen LogP contribution in [0, 0.1) is 5.92 Å². The van der Waals surface area contributed by atoms with Crippen molar-refractivity contribution in [2.75, 3.05) is 13.6 Å². The SMILES string of the molecule is CNC(C)CC(C)N1CC(C)CC1C. The van der Waals surface area contributed by atoms with Crippen molar-refractivity contribution in [3.05, 3.63) is 0 Å². The Morgan fingerprint density at radius 2 is 2.00 bits per heavy atom. The zero-order chi connectivity index (χ0) is 10.7. The summed E-state index contributed by atoms with van der Waals surface area (Å²) in [4.78, 5) is 2.67. The van der Waals surface area contributed by atoms with E-state index < -0.39 is 0 Å². The smallest absolute Gasteiger partial charge is 0.00845 e. The fourth-order valence-corrected chi connectivity index (χ4v) is 2.71. The monoisotopic (exact) mass is 198 g/mol. The van der Waals surface area contributed by atoms with E-state index in [2.05, 4.69) is 37.9 Å². The summed E-state index contributed by atoms with van der Waals surface area (Å²) in [7, 11) is 2.05. The van der Waals surface area contributed by atoms with Crippen LogP contribution < -0.4 is 5.32 Å². The Labute approximate surface area is 89.1 Å². The third kappa shape index (κ3) is 2.96. The Bertz CT molecular complexity index is 170. The lowest BCUT2D eigenvalue weighted by molar-refractivity contribution is 0.181. The lowest BCUT2D eigenvalue weighted by Gasteiger charge is -2.30. The van der Waals surface area contributed by atoms with E-state index in [1.807, 2.05) is 7.05 Å². The van der Waals surface area contributed by atoms with Gasteiger partial charge in [0.15, 0.2) is 0 Å². The minimum absolute atomic E-state index is 0.633. The molecule has 2 nitrogen and oxygen atoms in total. The van der Waals surface area contributed by atoms with Gasteiger partial charge in [-0.15, -0.1) is 0 Å². The first-order valence-corrected chi connectivity index (χ1v) is 5.97. The molecule has 0 aromatic carbocycles. The molecule has 1 fully saturated rings. The molecular formula is C12H26N2. The molecule has 0 radical (unpaired) electrons. The van der Waals surface area contributed by atoms with Crippen molar-refractivity contribution < 1.29 is 0 Å². The summed E-state index contributed by atoms with van der Waals surface area (Å²) in [6.07, 6.45) is 2.63. The zero-order valence-electron chi connectivity index (χ0n) is 10.4. The van der Waals surface area contributed by atoms with Crippen LogP contribution in [-0.2, 0) is 0 Å². The van der Waals surface area contributed by atoms with Gasteiger partial charge in [0.1, 0.15) is 0 Å². The molecule has 0 amide bonds. The average Bonchev–Trinajstić information content (AvgIpc) is 2.45. The molecule has 1 rings (SSSR count). The van der Waals surface area contributed by atoms with Gasteiger partial charge in [0.25, 0.3) is 0 Å². The molecule has 1 aliphatic heterocycles. The summed E-state index contributed by atoms with van der Waals surface area (Å²) >= 11 is 0. The lowest BCUT2D eigenvalue weighted by atomic mass is 10.1. The molecule has 0 aliphatic carbocycles. The minimum atomic E-state index is 0.633. The second-order valence-electron chi connectivity index (χ2n) is 5.16. The number of hydrogen-bond donors (Lipinski definition) is 1. The first kappa shape index (κ1) is 12.0. The maximum Gasteiger partial charge on any atom is 0.00845 e. The van der Waals surface area contributed by atoms with Crippen molar-refractivity contribution in [3.8, 4) is 0 Å². The maximum absolute atomic E-state index is 3.32. The van der Waals surface area contributed by atoms with E-state index in [-0.39, 0.29) is 0 Å². The van der Waals surface area contributed by atoms with Crippen LogP contribution in [0.1, 0.15) is 40.5 Å². The Kier molecular flexibility index (Phi) is 4.39. The average molecular weight is 198 g/mol. The summed E-state index contributed by atoms with van der Waals surface area (Å²) in [6, 6.07) is 2.13. The van der Waals surface area contributed by atoms with Gasteiger partial charge >= 0.3 is 0 Å². The van der Waals surface area contributed by atoms with Gasteiger partial charge < -0.3 is 5.32 Å². The summed E-state index contributed by atoms with van der Waals surface area (Å²) < 4.78 is 0. The van der Waals surface area contributed by atoms with Crippen LogP contribution in [0.3, 0.4) is 0 Å². The van der Waals surface area contributed by atoms with Crippen LogP contribution in [0.15, 0.2) is 0 Å². The molecule has 0 aromatic heterocycles. The Morgan fingerprint density at radius 1 is 1.36 bits per heavy atom. The molecule has 1 saturated heterocycles. The van der Waals surface area contributed by atoms with Crippen molar-refractivity contribution in [2.45, 2.75) is 58.7 Å². The molecule has 2 heteroatoms. The summed E-state index contributed by atoms with van der Waals surface area (Å²) in [6.45, 7) is 10.6. The van der Waals surface area contributed by atoms with Gasteiger partial charge in [-0.3, -0.25) is 4.90 Å². The highest BCUT2D eigenvalue weighted by molar-refractivity contribution is 4.85. The number of hydrogen-bond acceptors (Lipinski definition) is 2. The topological polar surface area (TPSA) is 15.3 Å². The quantitative estimate of drug-likeness (QED) is 0.744. The van der Waals surface area contributed by atoms with E-state index in [1.165, 1.54) is 19.4 Å². The van der Waals surface area contributed by atoms with Crippen LogP contribution in [0.25, 0.3) is 0 Å². The van der Waals surface area contributed by atoms with E-state index >= 15 is 0 Å². The molecule has 1 heterocycles. The van der Waals surface area contributed by atoms with E-state index in [4.69, 9.17) is 0 Å². The first-order valence-electron chi connectivity index (χ1n) is 5.97. The number of nitrogens with one attached hydrogen (secondary N) is 1. The van der Waals surface area contributed by atoms with Gasteiger partial charge in [-0.2, -0.15) is 0 Å². The van der Waals surface area contributed by atoms with Gasteiger partial charge in [0.2, 0.25) is 0 Å². The van der Waals surface area contributed by atoms with Crippen molar-refractivity contribution in [1.82, 2.24) is 10.2 Å². The highest BCUT2D eigenvalue weighted by Crippen LogP contribution is 2.25. The van der Waals surface area contributed by atoms with Gasteiger partial charge in [-0.05, 0) is 46.6 Å². The molecule has 14 heavy (non-hydrogen) atoms. The number of likely N-dealkylation sites (tertiary alicyclic amines) is 1. The lowest BCUT2D eigenvalue weighted by Crippen LogP contribution is -2.39. The third-order valence-electron chi connectivity index (χ3n) is 3.59.